The maximum atomic E-state index is 5.80. The van der Waals surface area contributed by atoms with Gasteiger partial charge < -0.3 is 10.3 Å². The molecule has 1 aromatic carbocycles. The van der Waals surface area contributed by atoms with Gasteiger partial charge in [-0.25, -0.2) is 4.98 Å². The van der Waals surface area contributed by atoms with Gasteiger partial charge in [0.1, 0.15) is 5.82 Å². The Bertz CT molecular complexity index is 581. The summed E-state index contributed by atoms with van der Waals surface area (Å²) in [6.45, 7) is 3.97. The van der Waals surface area contributed by atoms with E-state index in [0.29, 0.717) is 6.54 Å². The van der Waals surface area contributed by atoms with Crippen LogP contribution in [0.1, 0.15) is 36.8 Å². The van der Waals surface area contributed by atoms with Gasteiger partial charge in [-0.15, -0.1) is 0 Å². The molecular formula is C17H23N3. The van der Waals surface area contributed by atoms with Crippen molar-refractivity contribution in [3.8, 4) is 11.3 Å². The fourth-order valence-corrected chi connectivity index (χ4v) is 3.07. The van der Waals surface area contributed by atoms with Crippen molar-refractivity contribution in [2.45, 2.75) is 45.6 Å². The lowest BCUT2D eigenvalue weighted by Gasteiger charge is -2.16. The second kappa shape index (κ2) is 5.80. The number of nitrogens with two attached hydrogens (primary N) is 1. The third-order valence-electron chi connectivity index (χ3n) is 4.20. The molecule has 20 heavy (non-hydrogen) atoms. The molecule has 0 bridgehead atoms. The molecule has 1 aliphatic rings. The quantitative estimate of drug-likeness (QED) is 0.927. The van der Waals surface area contributed by atoms with E-state index in [1.165, 1.54) is 35.5 Å². The number of benzene rings is 1. The van der Waals surface area contributed by atoms with E-state index >= 15 is 0 Å². The summed E-state index contributed by atoms with van der Waals surface area (Å²) >= 11 is 0. The summed E-state index contributed by atoms with van der Waals surface area (Å²) in [5.41, 5.74) is 10.9. The molecule has 0 radical (unpaired) electrons. The average Bonchev–Trinajstić information content (AvgIpc) is 2.87. The minimum atomic E-state index is 0.686. The first-order chi connectivity index (χ1) is 9.83. The van der Waals surface area contributed by atoms with Crippen LogP contribution in [0.25, 0.3) is 11.3 Å². The van der Waals surface area contributed by atoms with Crippen LogP contribution in [-0.4, -0.2) is 16.1 Å². The molecule has 0 saturated heterocycles. The summed E-state index contributed by atoms with van der Waals surface area (Å²) in [6, 6.07) is 8.82. The molecule has 2 aromatic rings. The van der Waals surface area contributed by atoms with Crippen molar-refractivity contribution in [1.29, 1.82) is 0 Å². The molecule has 0 unspecified atom stereocenters. The Morgan fingerprint density at radius 1 is 1.20 bits per heavy atom. The van der Waals surface area contributed by atoms with E-state index in [1.807, 2.05) is 0 Å². The molecule has 0 amide bonds. The number of hydrogen-bond acceptors (Lipinski definition) is 2. The Kier molecular flexibility index (Phi) is 3.88. The van der Waals surface area contributed by atoms with Crippen LogP contribution in [0.4, 0.5) is 0 Å². The van der Waals surface area contributed by atoms with E-state index in [0.717, 1.165) is 31.5 Å². The monoisotopic (exact) mass is 269 g/mol. The van der Waals surface area contributed by atoms with Crippen molar-refractivity contribution < 1.29 is 0 Å². The van der Waals surface area contributed by atoms with Gasteiger partial charge in [-0.2, -0.15) is 0 Å². The predicted octanol–water partition coefficient (Wildman–Crippen LogP) is 2.95. The lowest BCUT2D eigenvalue weighted by atomic mass is 10.1. The maximum absolute atomic E-state index is 5.80. The number of rotatable bonds is 4. The highest BCUT2D eigenvalue weighted by molar-refractivity contribution is 5.63. The average molecular weight is 269 g/mol. The summed E-state index contributed by atoms with van der Waals surface area (Å²) in [4.78, 5) is 4.90. The SMILES string of the molecule is CCc1ccc(-c2nc3n(c2CCN)CCCC3)cc1. The summed E-state index contributed by atoms with van der Waals surface area (Å²) in [7, 11) is 0. The van der Waals surface area contributed by atoms with Crippen molar-refractivity contribution in [1.82, 2.24) is 9.55 Å². The van der Waals surface area contributed by atoms with E-state index in [-0.39, 0.29) is 0 Å². The Morgan fingerprint density at radius 3 is 2.70 bits per heavy atom. The van der Waals surface area contributed by atoms with Gasteiger partial charge in [0.15, 0.2) is 0 Å². The summed E-state index contributed by atoms with van der Waals surface area (Å²) < 4.78 is 2.40. The minimum absolute atomic E-state index is 0.686. The number of fused-ring (bicyclic) bond motifs is 1. The second-order valence-corrected chi connectivity index (χ2v) is 5.52. The van der Waals surface area contributed by atoms with Crippen molar-refractivity contribution in [2.75, 3.05) is 6.54 Å². The number of hydrogen-bond donors (Lipinski definition) is 1. The normalized spacial score (nSPS) is 14.3. The topological polar surface area (TPSA) is 43.8 Å². The first-order valence-electron chi connectivity index (χ1n) is 7.71. The molecule has 106 valence electrons. The van der Waals surface area contributed by atoms with E-state index in [2.05, 4.69) is 35.8 Å². The van der Waals surface area contributed by atoms with Crippen LogP contribution >= 0.6 is 0 Å². The first-order valence-corrected chi connectivity index (χ1v) is 7.71. The summed E-state index contributed by atoms with van der Waals surface area (Å²) in [6.07, 6.45) is 5.61. The summed E-state index contributed by atoms with van der Waals surface area (Å²) in [5.74, 6) is 1.24. The van der Waals surface area contributed by atoms with Crippen molar-refractivity contribution in [3.63, 3.8) is 0 Å². The van der Waals surface area contributed by atoms with Crippen LogP contribution in [0, 0.1) is 0 Å². The van der Waals surface area contributed by atoms with Crippen molar-refractivity contribution in [2.24, 2.45) is 5.73 Å². The standard InChI is InChI=1S/C17H23N3/c1-2-13-6-8-14(9-7-13)17-15(10-11-18)20-12-4-3-5-16(20)19-17/h6-9H,2-5,10-12,18H2,1H3. The highest BCUT2D eigenvalue weighted by Gasteiger charge is 2.19. The molecule has 2 N–H and O–H groups in total. The van der Waals surface area contributed by atoms with Gasteiger partial charge in [-0.05, 0) is 31.4 Å². The zero-order chi connectivity index (χ0) is 13.9. The molecule has 0 fully saturated rings. The Hall–Kier alpha value is -1.61. The van der Waals surface area contributed by atoms with E-state index in [4.69, 9.17) is 10.7 Å². The van der Waals surface area contributed by atoms with Crippen molar-refractivity contribution in [3.05, 3.63) is 41.3 Å². The van der Waals surface area contributed by atoms with Gasteiger partial charge in [0.2, 0.25) is 0 Å². The second-order valence-electron chi connectivity index (χ2n) is 5.52. The van der Waals surface area contributed by atoms with E-state index < -0.39 is 0 Å². The van der Waals surface area contributed by atoms with Crippen LogP contribution in [0.3, 0.4) is 0 Å². The van der Waals surface area contributed by atoms with Gasteiger partial charge in [0.05, 0.1) is 5.69 Å². The highest BCUT2D eigenvalue weighted by Crippen LogP contribution is 2.28. The molecule has 0 saturated carbocycles. The smallest absolute Gasteiger partial charge is 0.109 e. The van der Waals surface area contributed by atoms with E-state index in [1.54, 1.807) is 0 Å². The van der Waals surface area contributed by atoms with Gasteiger partial charge in [0, 0.05) is 30.6 Å². The third kappa shape index (κ3) is 2.38. The van der Waals surface area contributed by atoms with Crippen LogP contribution in [0.15, 0.2) is 24.3 Å². The van der Waals surface area contributed by atoms with Crippen LogP contribution in [0.2, 0.25) is 0 Å². The molecule has 1 aliphatic heterocycles. The molecular weight excluding hydrogens is 246 g/mol. The van der Waals surface area contributed by atoms with Crippen molar-refractivity contribution >= 4 is 0 Å². The largest absolute Gasteiger partial charge is 0.331 e. The predicted molar refractivity (Wildman–Crippen MR) is 82.7 cm³/mol. The first kappa shape index (κ1) is 13.4. The molecule has 3 rings (SSSR count). The number of aryl methyl sites for hydroxylation is 2. The lowest BCUT2D eigenvalue weighted by molar-refractivity contribution is 0.508. The highest BCUT2D eigenvalue weighted by atomic mass is 15.1. The fourth-order valence-electron chi connectivity index (χ4n) is 3.07. The summed E-state index contributed by atoms with van der Waals surface area (Å²) in [5, 5.41) is 0. The molecule has 2 heterocycles. The van der Waals surface area contributed by atoms with Crippen LogP contribution < -0.4 is 5.73 Å². The lowest BCUT2D eigenvalue weighted by Crippen LogP contribution is -2.15. The fraction of sp³-hybridized carbons (Fsp3) is 0.471. The molecule has 1 aromatic heterocycles. The Morgan fingerprint density at radius 2 is 2.00 bits per heavy atom. The Labute approximate surface area is 120 Å². The zero-order valence-corrected chi connectivity index (χ0v) is 12.2. The van der Waals surface area contributed by atoms with Crippen LogP contribution in [0.5, 0.6) is 0 Å². The van der Waals surface area contributed by atoms with Gasteiger partial charge in [0.25, 0.3) is 0 Å². The van der Waals surface area contributed by atoms with Crippen LogP contribution in [-0.2, 0) is 25.8 Å². The van der Waals surface area contributed by atoms with Gasteiger partial charge in [-0.3, -0.25) is 0 Å². The van der Waals surface area contributed by atoms with Gasteiger partial charge >= 0.3 is 0 Å². The van der Waals surface area contributed by atoms with E-state index in [9.17, 15) is 0 Å². The zero-order valence-electron chi connectivity index (χ0n) is 12.2. The molecule has 0 aliphatic carbocycles. The minimum Gasteiger partial charge on any atom is -0.331 e. The number of nitrogens with zero attached hydrogens (tertiary/aromatic N) is 2. The maximum Gasteiger partial charge on any atom is 0.109 e. The number of imidazole rings is 1. The molecule has 3 nitrogen and oxygen atoms in total. The third-order valence-corrected chi connectivity index (χ3v) is 4.20. The number of aromatic nitrogens is 2. The van der Waals surface area contributed by atoms with Gasteiger partial charge in [-0.1, -0.05) is 31.2 Å². The Balaban J connectivity index is 2.04. The molecule has 0 spiro atoms. The molecule has 0 atom stereocenters. The molecule has 3 heteroatoms.